The molecular weight excluding hydrogens is 1520 g/mol. The van der Waals surface area contributed by atoms with Gasteiger partial charge in [0.25, 0.3) is 34.9 Å². The van der Waals surface area contributed by atoms with E-state index in [0.29, 0.717) is 51.2 Å². The fourth-order valence-corrected chi connectivity index (χ4v) is 13.5. The van der Waals surface area contributed by atoms with Crippen molar-refractivity contribution in [2.45, 2.75) is 129 Å². The number of aromatic nitrogens is 8. The second kappa shape index (κ2) is 36.4. The summed E-state index contributed by atoms with van der Waals surface area (Å²) in [7, 11) is 1.46. The number of anilines is 2. The van der Waals surface area contributed by atoms with E-state index in [0.717, 1.165) is 76.2 Å². The van der Waals surface area contributed by atoms with Gasteiger partial charge >= 0.3 is 19.1 Å². The van der Waals surface area contributed by atoms with Crippen LogP contribution < -0.4 is 28.7 Å². The third kappa shape index (κ3) is 21.5. The number of ether oxygens (including phenoxy) is 4. The van der Waals surface area contributed by atoms with Crippen LogP contribution in [0.1, 0.15) is 108 Å². The molecule has 3 aliphatic rings. The van der Waals surface area contributed by atoms with Crippen LogP contribution in [0.5, 0.6) is 23.0 Å². The second-order valence-corrected chi connectivity index (χ2v) is 27.4. The molecule has 34 heteroatoms. The SMILES string of the molecule is CC(C)Cc1ccc(-c2nc(-c3ccccc3OC(F)(F)F)no2)cc1.COc1ccc(F)cc1-c1noc(-c2ccc(N3CCCCC3C)c([N+](=O)[O-])c2)n1.FC(F)(F)Oc1ccccc1-c1noc(-c2ccc(C3CCCCC3)cc2)n1.O=[N+]([O-])c1cc(-c2nc(-c3ccccc3OC(F)(F)F)no2)ccc1N1CCCCC1. The van der Waals surface area contributed by atoms with Crippen LogP contribution in [0.4, 0.5) is 66.7 Å². The first-order valence-corrected chi connectivity index (χ1v) is 36.6. The largest absolute Gasteiger partial charge is 0.573 e. The van der Waals surface area contributed by atoms with Crippen LogP contribution >= 0.6 is 0 Å². The third-order valence-electron chi connectivity index (χ3n) is 18.9. The number of para-hydroxylation sites is 3. The van der Waals surface area contributed by atoms with Crippen molar-refractivity contribution in [3.8, 4) is 114 Å². The van der Waals surface area contributed by atoms with E-state index in [-0.39, 0.29) is 92.5 Å². The van der Waals surface area contributed by atoms with E-state index < -0.39 is 40.5 Å². The topological polar surface area (TPSA) is 285 Å². The first-order valence-electron chi connectivity index (χ1n) is 36.6. The molecule has 8 aromatic carbocycles. The Kier molecular flexibility index (Phi) is 25.8. The third-order valence-corrected chi connectivity index (χ3v) is 18.9. The first kappa shape index (κ1) is 81.7. The molecule has 3 fully saturated rings. The number of hydrogen-bond acceptors (Lipinski definition) is 22. The molecule has 0 bridgehead atoms. The van der Waals surface area contributed by atoms with E-state index in [1.807, 2.05) is 41.3 Å². The quantitative estimate of drug-likeness (QED) is 0.0413. The number of halogens is 10. The van der Waals surface area contributed by atoms with Gasteiger partial charge in [-0.05, 0) is 191 Å². The normalized spacial score (nSPS) is 14.7. The summed E-state index contributed by atoms with van der Waals surface area (Å²) in [6.07, 6.45) is -1.12. The van der Waals surface area contributed by atoms with Crippen LogP contribution in [-0.4, -0.2) is 102 Å². The highest BCUT2D eigenvalue weighted by atomic mass is 19.4. The highest BCUT2D eigenvalue weighted by Crippen LogP contribution is 2.42. The van der Waals surface area contributed by atoms with Gasteiger partial charge in [0, 0.05) is 60.1 Å². The molecule has 115 heavy (non-hydrogen) atoms. The Morgan fingerprint density at radius 2 is 0.843 bits per heavy atom. The summed E-state index contributed by atoms with van der Waals surface area (Å²) in [5.41, 5.74) is 6.16. The zero-order valence-electron chi connectivity index (χ0n) is 62.1. The smallest absolute Gasteiger partial charge is 0.496 e. The van der Waals surface area contributed by atoms with E-state index in [4.69, 9.17) is 22.8 Å². The van der Waals surface area contributed by atoms with Gasteiger partial charge in [-0.2, -0.15) is 19.9 Å². The van der Waals surface area contributed by atoms with Crippen LogP contribution in [0.25, 0.3) is 91.4 Å². The van der Waals surface area contributed by atoms with Crippen molar-refractivity contribution in [1.82, 2.24) is 40.6 Å². The van der Waals surface area contributed by atoms with Crippen molar-refractivity contribution >= 4 is 22.7 Å². The number of hydrogen-bond donors (Lipinski definition) is 0. The molecule has 1 aliphatic carbocycles. The second-order valence-electron chi connectivity index (χ2n) is 27.4. The zero-order chi connectivity index (χ0) is 81.6. The standard InChI is InChI=1S/C21H19F3N2O2.C21H21FN4O4.C20H17F3N4O4.C19H17F3N2O2/c22-21(23,24)27-18-9-5-4-8-17(18)19-25-20(28-26-19)16-12-10-15(11-13-16)14-6-2-1-3-7-14;1-13-5-3-4-10-25(13)17-8-6-14(11-18(17)26(27)28)21-23-20(24-30-21)16-12-15(22)7-9-19(16)29-2;21-20(22,23)30-17-7-3-2-6-14(17)18-24-19(31-25-18)13-8-9-15(16(12-13)27(28)29)26-10-4-1-5-11-26;1-12(2)11-13-7-9-14(10-8-13)18-23-17(24-26-18)15-5-3-4-6-16(15)25-19(20,21)22/h4-5,8-14H,1-3,6-7H2;6-9,11-13H,3-5,10H2,1-2H3;2-3,6-9,12H,1,4-5,10-11H2;3-10,12H,11H2,1-2H3. The lowest BCUT2D eigenvalue weighted by Crippen LogP contribution is -2.37. The fourth-order valence-electron chi connectivity index (χ4n) is 13.5. The molecule has 0 spiro atoms. The number of rotatable bonds is 19. The van der Waals surface area contributed by atoms with Crippen LogP contribution in [-0.2, 0) is 6.42 Å². The van der Waals surface area contributed by atoms with Crippen LogP contribution in [0, 0.1) is 32.0 Å². The molecule has 15 rings (SSSR count). The molecular formula is C81H74F10N12O12. The minimum absolute atomic E-state index is 0.00987. The number of nitro groups is 2. The van der Waals surface area contributed by atoms with Gasteiger partial charge in [0.05, 0.1) is 39.2 Å². The number of nitro benzene ring substituents is 2. The molecule has 0 N–H and O–H groups in total. The lowest BCUT2D eigenvalue weighted by atomic mass is 9.84. The maximum atomic E-state index is 13.7. The fraction of sp³-hybridized carbons (Fsp3) is 0.309. The van der Waals surface area contributed by atoms with Crippen LogP contribution in [0.15, 0.2) is 194 Å². The number of nitrogens with zero attached hydrogens (tertiary/aromatic N) is 12. The summed E-state index contributed by atoms with van der Waals surface area (Å²) in [6, 6.07) is 46.1. The number of methoxy groups -OCH3 is 1. The van der Waals surface area contributed by atoms with Gasteiger partial charge in [0.15, 0.2) is 0 Å². The average Bonchev–Trinajstić information content (AvgIpc) is 1.78. The monoisotopic (exact) mass is 1600 g/mol. The van der Waals surface area contributed by atoms with Gasteiger partial charge in [-0.3, -0.25) is 20.2 Å². The minimum Gasteiger partial charge on any atom is -0.496 e. The molecule has 0 amide bonds. The van der Waals surface area contributed by atoms with Gasteiger partial charge in [0.2, 0.25) is 23.3 Å². The zero-order valence-corrected chi connectivity index (χ0v) is 62.1. The molecule has 1 atom stereocenters. The number of alkyl halides is 9. The Balaban J connectivity index is 0.000000142. The van der Waals surface area contributed by atoms with Gasteiger partial charge in [-0.1, -0.05) is 114 Å². The lowest BCUT2D eigenvalue weighted by molar-refractivity contribution is -0.384. The molecule has 12 aromatic rings. The van der Waals surface area contributed by atoms with E-state index in [2.05, 4.69) is 92.6 Å². The average molecular weight is 1600 g/mol. The molecule has 2 aliphatic heterocycles. The Bertz CT molecular complexity index is 5270. The lowest BCUT2D eigenvalue weighted by Gasteiger charge is -2.35. The summed E-state index contributed by atoms with van der Waals surface area (Å²) < 4.78 is 165. The van der Waals surface area contributed by atoms with Gasteiger partial charge < -0.3 is 46.8 Å². The Morgan fingerprint density at radius 3 is 1.28 bits per heavy atom. The highest BCUT2D eigenvalue weighted by molar-refractivity contribution is 5.75. The molecule has 2 saturated heterocycles. The Hall–Kier alpha value is -12.8. The summed E-state index contributed by atoms with van der Waals surface area (Å²) in [5, 5.41) is 38.6. The Morgan fingerprint density at radius 1 is 0.452 bits per heavy atom. The summed E-state index contributed by atoms with van der Waals surface area (Å²) in [4.78, 5) is 43.5. The van der Waals surface area contributed by atoms with Crippen molar-refractivity contribution in [2.75, 3.05) is 36.5 Å². The van der Waals surface area contributed by atoms with Crippen molar-refractivity contribution in [3.05, 3.63) is 213 Å². The van der Waals surface area contributed by atoms with Crippen molar-refractivity contribution in [1.29, 1.82) is 0 Å². The predicted molar refractivity (Wildman–Crippen MR) is 402 cm³/mol. The van der Waals surface area contributed by atoms with E-state index >= 15 is 0 Å². The summed E-state index contributed by atoms with van der Waals surface area (Å²) >= 11 is 0. The van der Waals surface area contributed by atoms with Gasteiger partial charge in [0.1, 0.15) is 40.2 Å². The first-order chi connectivity index (χ1) is 55.1. The Labute approximate surface area is 650 Å². The van der Waals surface area contributed by atoms with Crippen molar-refractivity contribution in [3.63, 3.8) is 0 Å². The molecule has 1 unspecified atom stereocenters. The highest BCUT2D eigenvalue weighted by Gasteiger charge is 2.36. The number of benzene rings is 8. The van der Waals surface area contributed by atoms with Crippen LogP contribution in [0.2, 0.25) is 0 Å². The maximum absolute atomic E-state index is 13.7. The molecule has 0 radical (unpaired) electrons. The van der Waals surface area contributed by atoms with Crippen LogP contribution in [0.3, 0.4) is 0 Å². The van der Waals surface area contributed by atoms with Gasteiger partial charge in [-0.15, -0.1) is 39.5 Å². The van der Waals surface area contributed by atoms with Gasteiger partial charge in [-0.25, -0.2) is 4.39 Å². The number of piperidine rings is 2. The van der Waals surface area contributed by atoms with Crippen molar-refractivity contribution in [2.24, 2.45) is 5.92 Å². The predicted octanol–water partition coefficient (Wildman–Crippen LogP) is 21.9. The maximum Gasteiger partial charge on any atom is 0.573 e. The molecule has 24 nitrogen and oxygen atoms in total. The molecule has 4 aromatic heterocycles. The summed E-state index contributed by atoms with van der Waals surface area (Å²) in [6.45, 7) is 8.61. The van der Waals surface area contributed by atoms with E-state index in [1.54, 1.807) is 36.4 Å². The minimum atomic E-state index is -4.88. The summed E-state index contributed by atoms with van der Waals surface area (Å²) in [5.74, 6) is 0.481. The van der Waals surface area contributed by atoms with Crippen molar-refractivity contribution < 1.29 is 90.8 Å². The molecule has 1 saturated carbocycles. The van der Waals surface area contributed by atoms with E-state index in [1.165, 1.54) is 135 Å². The molecule has 6 heterocycles. The molecule has 600 valence electrons. The van der Waals surface area contributed by atoms with E-state index in [9.17, 15) is 64.1 Å².